The summed E-state index contributed by atoms with van der Waals surface area (Å²) >= 11 is 0. The van der Waals surface area contributed by atoms with E-state index in [1.807, 2.05) is 6.92 Å². The minimum absolute atomic E-state index is 0.194. The molecule has 0 aliphatic rings. The Labute approximate surface area is 112 Å². The van der Waals surface area contributed by atoms with E-state index in [2.05, 4.69) is 9.82 Å². The second-order valence-corrected chi connectivity index (χ2v) is 5.72. The Hall–Kier alpha value is -1.86. The summed E-state index contributed by atoms with van der Waals surface area (Å²) in [4.78, 5) is 0.194. The maximum absolute atomic E-state index is 12.2. The molecule has 0 unspecified atom stereocenters. The first-order valence-electron chi connectivity index (χ1n) is 5.89. The number of nitrogens with one attached hydrogen (secondary N) is 1. The highest BCUT2D eigenvalue weighted by Crippen LogP contribution is 2.16. The Kier molecular flexibility index (Phi) is 3.87. The fraction of sp³-hybridized carbons (Fsp3) is 0.250. The zero-order valence-electron chi connectivity index (χ0n) is 10.6. The Morgan fingerprint density at radius 3 is 2.84 bits per heavy atom. The number of rotatable bonds is 5. The van der Waals surface area contributed by atoms with Crippen LogP contribution in [0, 0.1) is 0 Å². The third kappa shape index (κ3) is 3.12. The van der Waals surface area contributed by atoms with Crippen molar-refractivity contribution in [1.82, 2.24) is 9.78 Å². The average molecular weight is 280 g/mol. The molecule has 0 aliphatic carbocycles. The molecular weight excluding hydrogens is 264 g/mol. The SMILES string of the molecule is CCn1cc(NS(=O)(=O)c2cccc(CN)c2)cn1. The molecule has 0 saturated carbocycles. The molecule has 3 N–H and O–H groups in total. The monoisotopic (exact) mass is 280 g/mol. The van der Waals surface area contributed by atoms with Crippen LogP contribution in [0.3, 0.4) is 0 Å². The summed E-state index contributed by atoms with van der Waals surface area (Å²) in [5, 5.41) is 4.02. The third-order valence-electron chi connectivity index (χ3n) is 2.65. The van der Waals surface area contributed by atoms with Gasteiger partial charge in [0.15, 0.2) is 0 Å². The van der Waals surface area contributed by atoms with Gasteiger partial charge >= 0.3 is 0 Å². The van der Waals surface area contributed by atoms with E-state index in [0.29, 0.717) is 18.8 Å². The molecular formula is C12H16N4O2S. The molecule has 1 heterocycles. The second-order valence-electron chi connectivity index (χ2n) is 4.04. The van der Waals surface area contributed by atoms with Crippen LogP contribution < -0.4 is 10.5 Å². The number of aryl methyl sites for hydroxylation is 1. The molecule has 1 aromatic carbocycles. The average Bonchev–Trinajstić information content (AvgIpc) is 2.85. The number of hydrogen-bond donors (Lipinski definition) is 2. The van der Waals surface area contributed by atoms with Crippen LogP contribution in [-0.4, -0.2) is 18.2 Å². The number of benzene rings is 1. The van der Waals surface area contributed by atoms with Gasteiger partial charge in [0.1, 0.15) is 0 Å². The van der Waals surface area contributed by atoms with Gasteiger partial charge in [-0.2, -0.15) is 5.10 Å². The highest BCUT2D eigenvalue weighted by Gasteiger charge is 2.15. The maximum Gasteiger partial charge on any atom is 0.262 e. The van der Waals surface area contributed by atoms with Gasteiger partial charge in [0.2, 0.25) is 0 Å². The standard InChI is InChI=1S/C12H16N4O2S/c1-2-16-9-11(8-14-16)15-19(17,18)12-5-3-4-10(6-12)7-13/h3-6,8-9,15H,2,7,13H2,1H3. The van der Waals surface area contributed by atoms with Crippen LogP contribution in [0.2, 0.25) is 0 Å². The topological polar surface area (TPSA) is 90.0 Å². The summed E-state index contributed by atoms with van der Waals surface area (Å²) in [6.07, 6.45) is 3.12. The summed E-state index contributed by atoms with van der Waals surface area (Å²) in [6, 6.07) is 6.55. The van der Waals surface area contributed by atoms with Gasteiger partial charge < -0.3 is 5.73 Å². The lowest BCUT2D eigenvalue weighted by Gasteiger charge is -2.07. The van der Waals surface area contributed by atoms with Crippen molar-refractivity contribution in [1.29, 1.82) is 0 Å². The van der Waals surface area contributed by atoms with Gasteiger partial charge in [0, 0.05) is 19.3 Å². The number of nitrogens with zero attached hydrogens (tertiary/aromatic N) is 2. The molecule has 7 heteroatoms. The number of hydrogen-bond acceptors (Lipinski definition) is 4. The molecule has 0 atom stereocenters. The predicted octanol–water partition coefficient (Wildman–Crippen LogP) is 1.16. The van der Waals surface area contributed by atoms with Crippen LogP contribution in [0.1, 0.15) is 12.5 Å². The number of anilines is 1. The molecule has 102 valence electrons. The van der Waals surface area contributed by atoms with Gasteiger partial charge in [0.25, 0.3) is 10.0 Å². The molecule has 1 aromatic heterocycles. The maximum atomic E-state index is 12.2. The van der Waals surface area contributed by atoms with Crippen molar-refractivity contribution in [2.45, 2.75) is 24.9 Å². The highest BCUT2D eigenvalue weighted by atomic mass is 32.2. The van der Waals surface area contributed by atoms with Crippen LogP contribution in [0.15, 0.2) is 41.6 Å². The van der Waals surface area contributed by atoms with E-state index in [4.69, 9.17) is 5.73 Å². The first-order chi connectivity index (χ1) is 9.05. The summed E-state index contributed by atoms with van der Waals surface area (Å²) in [6.45, 7) is 2.91. The van der Waals surface area contributed by atoms with Gasteiger partial charge in [-0.05, 0) is 24.6 Å². The van der Waals surface area contributed by atoms with Crippen molar-refractivity contribution in [2.75, 3.05) is 4.72 Å². The molecule has 2 aromatic rings. The third-order valence-corrected chi connectivity index (χ3v) is 4.03. The normalized spacial score (nSPS) is 11.5. The molecule has 0 aliphatic heterocycles. The van der Waals surface area contributed by atoms with E-state index < -0.39 is 10.0 Å². The lowest BCUT2D eigenvalue weighted by molar-refractivity contribution is 0.601. The van der Waals surface area contributed by atoms with Crippen LogP contribution in [0.25, 0.3) is 0 Å². The van der Waals surface area contributed by atoms with Gasteiger partial charge in [-0.3, -0.25) is 9.40 Å². The molecule has 0 saturated heterocycles. The Morgan fingerprint density at radius 2 is 2.21 bits per heavy atom. The van der Waals surface area contributed by atoms with Crippen molar-refractivity contribution in [2.24, 2.45) is 5.73 Å². The summed E-state index contributed by atoms with van der Waals surface area (Å²) in [5.41, 5.74) is 6.72. The van der Waals surface area contributed by atoms with Crippen molar-refractivity contribution < 1.29 is 8.42 Å². The van der Waals surface area contributed by atoms with Crippen molar-refractivity contribution in [3.05, 3.63) is 42.2 Å². The van der Waals surface area contributed by atoms with E-state index in [1.54, 1.807) is 29.1 Å². The van der Waals surface area contributed by atoms with E-state index in [0.717, 1.165) is 5.56 Å². The zero-order chi connectivity index (χ0) is 13.9. The molecule has 0 radical (unpaired) electrons. The first kappa shape index (κ1) is 13.6. The van der Waals surface area contributed by atoms with Crippen molar-refractivity contribution in [3.8, 4) is 0 Å². The van der Waals surface area contributed by atoms with E-state index >= 15 is 0 Å². The molecule has 0 bridgehead atoms. The Balaban J connectivity index is 2.26. The summed E-state index contributed by atoms with van der Waals surface area (Å²) in [5.74, 6) is 0. The van der Waals surface area contributed by atoms with Gasteiger partial charge in [0.05, 0.1) is 16.8 Å². The van der Waals surface area contributed by atoms with Crippen LogP contribution in [-0.2, 0) is 23.1 Å². The highest BCUT2D eigenvalue weighted by molar-refractivity contribution is 7.92. The van der Waals surface area contributed by atoms with Crippen molar-refractivity contribution in [3.63, 3.8) is 0 Å². The molecule has 19 heavy (non-hydrogen) atoms. The minimum Gasteiger partial charge on any atom is -0.326 e. The zero-order valence-corrected chi connectivity index (χ0v) is 11.4. The van der Waals surface area contributed by atoms with Gasteiger partial charge in [-0.15, -0.1) is 0 Å². The predicted molar refractivity (Wildman–Crippen MR) is 73.0 cm³/mol. The quantitative estimate of drug-likeness (QED) is 0.860. The van der Waals surface area contributed by atoms with Crippen molar-refractivity contribution >= 4 is 15.7 Å². The van der Waals surface area contributed by atoms with Crippen LogP contribution in [0.5, 0.6) is 0 Å². The number of nitrogens with two attached hydrogens (primary N) is 1. The lowest BCUT2D eigenvalue weighted by Crippen LogP contribution is -2.13. The summed E-state index contributed by atoms with van der Waals surface area (Å²) in [7, 11) is -3.60. The van der Waals surface area contributed by atoms with Gasteiger partial charge in [-0.25, -0.2) is 8.42 Å². The fourth-order valence-electron chi connectivity index (χ4n) is 1.64. The van der Waals surface area contributed by atoms with E-state index in [9.17, 15) is 8.42 Å². The molecule has 0 amide bonds. The number of aromatic nitrogens is 2. The van der Waals surface area contributed by atoms with Crippen LogP contribution in [0.4, 0.5) is 5.69 Å². The largest absolute Gasteiger partial charge is 0.326 e. The lowest BCUT2D eigenvalue weighted by atomic mass is 10.2. The molecule has 6 nitrogen and oxygen atoms in total. The second kappa shape index (κ2) is 5.41. The molecule has 0 fully saturated rings. The van der Waals surface area contributed by atoms with E-state index in [-0.39, 0.29) is 4.90 Å². The molecule has 2 rings (SSSR count). The van der Waals surface area contributed by atoms with Gasteiger partial charge in [-0.1, -0.05) is 12.1 Å². The Bertz CT molecular complexity index is 664. The van der Waals surface area contributed by atoms with Crippen LogP contribution >= 0.6 is 0 Å². The number of sulfonamides is 1. The van der Waals surface area contributed by atoms with E-state index in [1.165, 1.54) is 12.3 Å². The molecule has 0 spiro atoms. The Morgan fingerprint density at radius 1 is 1.42 bits per heavy atom. The summed E-state index contributed by atoms with van der Waals surface area (Å²) < 4.78 is 28.5. The minimum atomic E-state index is -3.60. The fourth-order valence-corrected chi connectivity index (χ4v) is 2.74. The smallest absolute Gasteiger partial charge is 0.262 e. The first-order valence-corrected chi connectivity index (χ1v) is 7.37.